The Balaban J connectivity index is 1.49. The fourth-order valence-electron chi connectivity index (χ4n) is 2.57. The second kappa shape index (κ2) is 8.93. The lowest BCUT2D eigenvalue weighted by atomic mass is 10.2. The smallest absolute Gasteiger partial charge is 0.227 e. The second-order valence-electron chi connectivity index (χ2n) is 6.13. The van der Waals surface area contributed by atoms with Crippen LogP contribution < -0.4 is 4.74 Å². The highest BCUT2D eigenvalue weighted by atomic mass is 16.5. The van der Waals surface area contributed by atoms with Gasteiger partial charge in [-0.3, -0.25) is 9.78 Å². The summed E-state index contributed by atoms with van der Waals surface area (Å²) in [6.07, 6.45) is 3.22. The first-order valence-electron chi connectivity index (χ1n) is 8.76. The van der Waals surface area contributed by atoms with E-state index in [4.69, 9.17) is 9.26 Å². The average Bonchev–Trinajstić information content (AvgIpc) is 3.20. The molecule has 0 radical (unpaired) electrons. The zero-order chi connectivity index (χ0) is 19.1. The van der Waals surface area contributed by atoms with Gasteiger partial charge in [0.25, 0.3) is 0 Å². The number of amides is 1. The first-order valence-corrected chi connectivity index (χ1v) is 8.76. The number of pyridine rings is 1. The monoisotopic (exact) mass is 366 g/mol. The molecule has 0 atom stereocenters. The molecule has 7 heteroatoms. The van der Waals surface area contributed by atoms with Gasteiger partial charge < -0.3 is 14.2 Å². The zero-order valence-electron chi connectivity index (χ0n) is 15.5. The number of benzene rings is 1. The van der Waals surface area contributed by atoms with Gasteiger partial charge >= 0.3 is 0 Å². The summed E-state index contributed by atoms with van der Waals surface area (Å²) < 4.78 is 10.4. The van der Waals surface area contributed by atoms with Crippen LogP contribution in [0.25, 0.3) is 11.4 Å². The van der Waals surface area contributed by atoms with Crippen LogP contribution in [0.5, 0.6) is 5.75 Å². The zero-order valence-corrected chi connectivity index (χ0v) is 15.5. The molecule has 0 aliphatic rings. The molecular weight excluding hydrogens is 344 g/mol. The van der Waals surface area contributed by atoms with E-state index in [2.05, 4.69) is 15.1 Å². The Hall–Kier alpha value is -3.22. The van der Waals surface area contributed by atoms with Gasteiger partial charge in [-0.15, -0.1) is 0 Å². The first-order chi connectivity index (χ1) is 13.2. The summed E-state index contributed by atoms with van der Waals surface area (Å²) in [5, 5.41) is 3.98. The van der Waals surface area contributed by atoms with Crippen LogP contribution in [0.2, 0.25) is 0 Å². The largest absolute Gasteiger partial charge is 0.497 e. The van der Waals surface area contributed by atoms with Gasteiger partial charge in [-0.25, -0.2) is 0 Å². The van der Waals surface area contributed by atoms with Gasteiger partial charge in [0.15, 0.2) is 0 Å². The lowest BCUT2D eigenvalue weighted by molar-refractivity contribution is -0.129. The molecule has 2 heterocycles. The third-order valence-electron chi connectivity index (χ3n) is 4.22. The summed E-state index contributed by atoms with van der Waals surface area (Å²) in [5.74, 6) is 1.76. The first kappa shape index (κ1) is 18.6. The Labute approximate surface area is 158 Å². The molecule has 7 nitrogen and oxygen atoms in total. The summed E-state index contributed by atoms with van der Waals surface area (Å²) in [5.41, 5.74) is 1.81. The Morgan fingerprint density at radius 2 is 1.96 bits per heavy atom. The van der Waals surface area contributed by atoms with E-state index in [1.165, 1.54) is 0 Å². The Bertz CT molecular complexity index is 862. The van der Waals surface area contributed by atoms with Gasteiger partial charge in [-0.05, 0) is 36.4 Å². The Morgan fingerprint density at radius 1 is 1.15 bits per heavy atom. The number of hydrogen-bond acceptors (Lipinski definition) is 6. The number of carbonyl (C=O) groups excluding carboxylic acids is 1. The van der Waals surface area contributed by atoms with Crippen LogP contribution in [0.15, 0.2) is 53.2 Å². The fourth-order valence-corrected chi connectivity index (χ4v) is 2.57. The summed E-state index contributed by atoms with van der Waals surface area (Å²) in [4.78, 5) is 22.6. The fraction of sp³-hybridized carbons (Fsp3) is 0.300. The molecule has 0 fully saturated rings. The van der Waals surface area contributed by atoms with E-state index in [9.17, 15) is 4.79 Å². The molecule has 140 valence electrons. The molecule has 0 bridgehead atoms. The summed E-state index contributed by atoms with van der Waals surface area (Å²) in [6.45, 7) is 0.622. The van der Waals surface area contributed by atoms with Crippen molar-refractivity contribution in [1.82, 2.24) is 20.0 Å². The van der Waals surface area contributed by atoms with E-state index < -0.39 is 0 Å². The highest BCUT2D eigenvalue weighted by Crippen LogP contribution is 2.20. The molecule has 3 aromatic rings. The van der Waals surface area contributed by atoms with Crippen LogP contribution in [0.1, 0.15) is 18.0 Å². The maximum atomic E-state index is 12.3. The number of aryl methyl sites for hydroxylation is 1. The van der Waals surface area contributed by atoms with Crippen molar-refractivity contribution in [2.24, 2.45) is 0 Å². The highest BCUT2D eigenvalue weighted by molar-refractivity contribution is 5.76. The summed E-state index contributed by atoms with van der Waals surface area (Å²) >= 11 is 0. The Kier molecular flexibility index (Phi) is 6.14. The van der Waals surface area contributed by atoms with E-state index >= 15 is 0 Å². The van der Waals surface area contributed by atoms with Gasteiger partial charge in [0.1, 0.15) is 5.75 Å². The summed E-state index contributed by atoms with van der Waals surface area (Å²) in [6, 6.07) is 13.2. The molecule has 0 saturated heterocycles. The SMILES string of the molecule is COc1ccc(-c2noc(CCC(=O)N(C)CCc3ccccn3)n2)cc1. The number of methoxy groups -OCH3 is 1. The molecule has 1 aromatic carbocycles. The molecular formula is C20H22N4O3. The van der Waals surface area contributed by atoms with Crippen molar-refractivity contribution < 1.29 is 14.1 Å². The number of ether oxygens (including phenoxy) is 1. The van der Waals surface area contributed by atoms with Crippen molar-refractivity contribution in [2.75, 3.05) is 20.7 Å². The molecule has 0 aliphatic heterocycles. The third kappa shape index (κ3) is 5.13. The van der Waals surface area contributed by atoms with Crippen molar-refractivity contribution >= 4 is 5.91 Å². The minimum atomic E-state index is 0.0372. The van der Waals surface area contributed by atoms with Crippen molar-refractivity contribution in [3.63, 3.8) is 0 Å². The topological polar surface area (TPSA) is 81.4 Å². The van der Waals surface area contributed by atoms with E-state index in [1.54, 1.807) is 25.3 Å². The standard InChI is InChI=1S/C20H22N4O3/c1-24(14-12-16-5-3-4-13-21-16)19(25)11-10-18-22-20(23-27-18)15-6-8-17(26-2)9-7-15/h3-9,13H,10-12,14H2,1-2H3. The highest BCUT2D eigenvalue weighted by Gasteiger charge is 2.13. The van der Waals surface area contributed by atoms with Crippen LogP contribution in [0, 0.1) is 0 Å². The molecule has 3 rings (SSSR count). The van der Waals surface area contributed by atoms with Crippen LogP contribution >= 0.6 is 0 Å². The van der Waals surface area contributed by atoms with Crippen LogP contribution in [-0.2, 0) is 17.6 Å². The molecule has 0 aliphatic carbocycles. The minimum Gasteiger partial charge on any atom is -0.497 e. The van der Waals surface area contributed by atoms with E-state index in [0.29, 0.717) is 31.1 Å². The lowest BCUT2D eigenvalue weighted by Gasteiger charge is -2.16. The quantitative estimate of drug-likeness (QED) is 0.610. The number of aromatic nitrogens is 3. The predicted octanol–water partition coefficient (Wildman–Crippen LogP) is 2.77. The third-order valence-corrected chi connectivity index (χ3v) is 4.22. The van der Waals surface area contributed by atoms with Crippen molar-refractivity contribution in [3.8, 4) is 17.1 Å². The van der Waals surface area contributed by atoms with E-state index in [1.807, 2.05) is 42.5 Å². The molecule has 0 saturated carbocycles. The summed E-state index contributed by atoms with van der Waals surface area (Å²) in [7, 11) is 3.41. The van der Waals surface area contributed by atoms with E-state index in [-0.39, 0.29) is 5.91 Å². The maximum absolute atomic E-state index is 12.3. The normalized spacial score (nSPS) is 10.6. The molecule has 0 unspecified atom stereocenters. The van der Waals surface area contributed by atoms with E-state index in [0.717, 1.165) is 23.4 Å². The maximum Gasteiger partial charge on any atom is 0.227 e. The van der Waals surface area contributed by atoms with Crippen LogP contribution in [0.4, 0.5) is 0 Å². The molecule has 1 amide bonds. The van der Waals surface area contributed by atoms with Crippen molar-refractivity contribution in [1.29, 1.82) is 0 Å². The van der Waals surface area contributed by atoms with Gasteiger partial charge in [0.05, 0.1) is 7.11 Å². The van der Waals surface area contributed by atoms with Crippen molar-refractivity contribution in [2.45, 2.75) is 19.3 Å². The van der Waals surface area contributed by atoms with Gasteiger partial charge in [0.2, 0.25) is 17.6 Å². The molecule has 0 spiro atoms. The number of hydrogen-bond donors (Lipinski definition) is 0. The molecule has 2 aromatic heterocycles. The van der Waals surface area contributed by atoms with Gasteiger partial charge in [0, 0.05) is 50.3 Å². The number of likely N-dealkylation sites (N-methyl/N-ethyl adjacent to an activating group) is 1. The lowest BCUT2D eigenvalue weighted by Crippen LogP contribution is -2.29. The minimum absolute atomic E-state index is 0.0372. The Morgan fingerprint density at radius 3 is 2.67 bits per heavy atom. The van der Waals surface area contributed by atoms with Crippen molar-refractivity contribution in [3.05, 3.63) is 60.2 Å². The predicted molar refractivity (Wildman–Crippen MR) is 100 cm³/mol. The number of rotatable bonds is 8. The molecule has 27 heavy (non-hydrogen) atoms. The van der Waals surface area contributed by atoms with Crippen LogP contribution in [-0.4, -0.2) is 46.6 Å². The average molecular weight is 366 g/mol. The van der Waals surface area contributed by atoms with Gasteiger partial charge in [-0.2, -0.15) is 4.98 Å². The number of carbonyl (C=O) groups is 1. The number of nitrogens with zero attached hydrogens (tertiary/aromatic N) is 4. The van der Waals surface area contributed by atoms with Crippen LogP contribution in [0.3, 0.4) is 0 Å². The molecule has 0 N–H and O–H groups in total. The second-order valence-corrected chi connectivity index (χ2v) is 6.13. The van der Waals surface area contributed by atoms with Gasteiger partial charge in [-0.1, -0.05) is 11.2 Å².